The standard InChI is InChI=1S/C18H17NO4/c1-22-17-9-13(20)4-3-12(17)7-15-14-10-16(21)18(23-2)8-11(14)5-6-19-15/h3-6,8-10,20-21H,7H2,1-2H3. The fourth-order valence-corrected chi connectivity index (χ4v) is 2.61. The Morgan fingerprint density at radius 1 is 0.957 bits per heavy atom. The third-order valence-electron chi connectivity index (χ3n) is 3.77. The molecule has 3 rings (SSSR count). The quantitative estimate of drug-likeness (QED) is 0.774. The molecule has 0 aliphatic rings. The first-order chi connectivity index (χ1) is 11.1. The van der Waals surface area contributed by atoms with E-state index in [-0.39, 0.29) is 11.5 Å². The Bertz CT molecular complexity index is 861. The first-order valence-corrected chi connectivity index (χ1v) is 7.13. The van der Waals surface area contributed by atoms with Crippen molar-refractivity contribution in [3.63, 3.8) is 0 Å². The van der Waals surface area contributed by atoms with E-state index in [4.69, 9.17) is 9.47 Å². The van der Waals surface area contributed by atoms with Crippen LogP contribution in [0.4, 0.5) is 0 Å². The third kappa shape index (κ3) is 2.85. The van der Waals surface area contributed by atoms with Crippen molar-refractivity contribution in [2.75, 3.05) is 14.2 Å². The van der Waals surface area contributed by atoms with Crippen molar-refractivity contribution in [3.05, 3.63) is 53.9 Å². The molecule has 0 aliphatic heterocycles. The molecule has 0 atom stereocenters. The number of rotatable bonds is 4. The van der Waals surface area contributed by atoms with Gasteiger partial charge in [0.1, 0.15) is 11.5 Å². The predicted molar refractivity (Wildman–Crippen MR) is 87.4 cm³/mol. The van der Waals surface area contributed by atoms with E-state index in [2.05, 4.69) is 4.98 Å². The molecule has 1 aromatic heterocycles. The number of phenols is 2. The summed E-state index contributed by atoms with van der Waals surface area (Å²) in [5, 5.41) is 21.4. The number of hydrogen-bond donors (Lipinski definition) is 2. The molecule has 0 saturated carbocycles. The number of pyridine rings is 1. The highest BCUT2D eigenvalue weighted by Crippen LogP contribution is 2.33. The van der Waals surface area contributed by atoms with Crippen molar-refractivity contribution in [1.29, 1.82) is 0 Å². The van der Waals surface area contributed by atoms with Gasteiger partial charge in [-0.1, -0.05) is 6.07 Å². The second kappa shape index (κ2) is 6.04. The van der Waals surface area contributed by atoms with E-state index in [0.29, 0.717) is 17.9 Å². The summed E-state index contributed by atoms with van der Waals surface area (Å²) in [5.74, 6) is 1.25. The minimum absolute atomic E-state index is 0.0759. The molecule has 1 heterocycles. The molecule has 0 spiro atoms. The van der Waals surface area contributed by atoms with Gasteiger partial charge in [0.2, 0.25) is 0 Å². The molecule has 0 unspecified atom stereocenters. The normalized spacial score (nSPS) is 10.7. The number of nitrogens with zero attached hydrogens (tertiary/aromatic N) is 1. The highest BCUT2D eigenvalue weighted by Gasteiger charge is 2.11. The summed E-state index contributed by atoms with van der Waals surface area (Å²) in [6.07, 6.45) is 2.24. The zero-order valence-electron chi connectivity index (χ0n) is 12.9. The van der Waals surface area contributed by atoms with Crippen LogP contribution in [0.5, 0.6) is 23.0 Å². The van der Waals surface area contributed by atoms with E-state index in [9.17, 15) is 10.2 Å². The summed E-state index contributed by atoms with van der Waals surface area (Å²) in [5.41, 5.74) is 1.71. The van der Waals surface area contributed by atoms with Crippen LogP contribution in [-0.4, -0.2) is 29.4 Å². The van der Waals surface area contributed by atoms with E-state index in [1.165, 1.54) is 7.11 Å². The van der Waals surface area contributed by atoms with Gasteiger partial charge in [-0.05, 0) is 29.7 Å². The lowest BCUT2D eigenvalue weighted by Gasteiger charge is -2.11. The van der Waals surface area contributed by atoms with Crippen LogP contribution in [0.15, 0.2) is 42.6 Å². The maximum absolute atomic E-state index is 10.0. The van der Waals surface area contributed by atoms with E-state index >= 15 is 0 Å². The van der Waals surface area contributed by atoms with E-state index in [1.807, 2.05) is 6.07 Å². The second-order valence-corrected chi connectivity index (χ2v) is 5.18. The summed E-state index contributed by atoms with van der Waals surface area (Å²) < 4.78 is 10.5. The second-order valence-electron chi connectivity index (χ2n) is 5.18. The average molecular weight is 311 g/mol. The molecule has 2 N–H and O–H groups in total. The molecule has 5 heteroatoms. The predicted octanol–water partition coefficient (Wildman–Crippen LogP) is 3.25. The number of ether oxygens (including phenoxy) is 2. The number of aromatic hydroxyl groups is 2. The number of aromatic nitrogens is 1. The van der Waals surface area contributed by atoms with Gasteiger partial charge >= 0.3 is 0 Å². The van der Waals surface area contributed by atoms with E-state index in [1.54, 1.807) is 43.6 Å². The lowest BCUT2D eigenvalue weighted by Crippen LogP contribution is -1.97. The van der Waals surface area contributed by atoms with Gasteiger partial charge in [-0.3, -0.25) is 4.98 Å². The molecule has 23 heavy (non-hydrogen) atoms. The van der Waals surface area contributed by atoms with Gasteiger partial charge in [0, 0.05) is 29.6 Å². The van der Waals surface area contributed by atoms with Crippen molar-refractivity contribution >= 4 is 10.8 Å². The fourth-order valence-electron chi connectivity index (χ4n) is 2.61. The number of methoxy groups -OCH3 is 2. The molecule has 118 valence electrons. The van der Waals surface area contributed by atoms with Crippen molar-refractivity contribution in [2.45, 2.75) is 6.42 Å². The number of phenolic OH excluding ortho intramolecular Hbond substituents is 2. The van der Waals surface area contributed by atoms with E-state index in [0.717, 1.165) is 22.0 Å². The van der Waals surface area contributed by atoms with Crippen molar-refractivity contribution in [1.82, 2.24) is 4.98 Å². The molecule has 0 amide bonds. The summed E-state index contributed by atoms with van der Waals surface area (Å²) in [6.45, 7) is 0. The molecular formula is C18H17NO4. The number of benzene rings is 2. The van der Waals surface area contributed by atoms with Crippen LogP contribution in [0.1, 0.15) is 11.3 Å². The zero-order chi connectivity index (χ0) is 16.4. The van der Waals surface area contributed by atoms with Crippen LogP contribution >= 0.6 is 0 Å². The largest absolute Gasteiger partial charge is 0.508 e. The minimum Gasteiger partial charge on any atom is -0.508 e. The first kappa shape index (κ1) is 15.0. The summed E-state index contributed by atoms with van der Waals surface area (Å²) in [7, 11) is 3.08. The van der Waals surface area contributed by atoms with Gasteiger partial charge in [-0.25, -0.2) is 0 Å². The smallest absolute Gasteiger partial charge is 0.161 e. The summed E-state index contributed by atoms with van der Waals surface area (Å²) >= 11 is 0. The van der Waals surface area contributed by atoms with Gasteiger partial charge in [0.25, 0.3) is 0 Å². The molecule has 0 radical (unpaired) electrons. The van der Waals surface area contributed by atoms with Gasteiger partial charge in [-0.2, -0.15) is 0 Å². The fraction of sp³-hybridized carbons (Fsp3) is 0.167. The number of fused-ring (bicyclic) bond motifs is 1. The van der Waals surface area contributed by atoms with Crippen molar-refractivity contribution in [3.8, 4) is 23.0 Å². The van der Waals surface area contributed by atoms with Crippen LogP contribution in [0.3, 0.4) is 0 Å². The molecule has 0 aliphatic carbocycles. The van der Waals surface area contributed by atoms with E-state index < -0.39 is 0 Å². The summed E-state index contributed by atoms with van der Waals surface area (Å²) in [4.78, 5) is 4.43. The van der Waals surface area contributed by atoms with Crippen LogP contribution in [0.25, 0.3) is 10.8 Å². The lowest BCUT2D eigenvalue weighted by atomic mass is 10.0. The molecule has 0 fully saturated rings. The average Bonchev–Trinajstić information content (AvgIpc) is 2.56. The van der Waals surface area contributed by atoms with Crippen molar-refractivity contribution in [2.24, 2.45) is 0 Å². The Morgan fingerprint density at radius 2 is 1.74 bits per heavy atom. The molecule has 0 bridgehead atoms. The Morgan fingerprint density at radius 3 is 2.48 bits per heavy atom. The van der Waals surface area contributed by atoms with Gasteiger partial charge in [0.05, 0.1) is 19.9 Å². The Kier molecular flexibility index (Phi) is 3.93. The SMILES string of the molecule is COc1cc2ccnc(Cc3ccc(O)cc3OC)c2cc1O. The molecular weight excluding hydrogens is 294 g/mol. The Balaban J connectivity index is 2.09. The van der Waals surface area contributed by atoms with Crippen LogP contribution < -0.4 is 9.47 Å². The van der Waals surface area contributed by atoms with Crippen molar-refractivity contribution < 1.29 is 19.7 Å². The van der Waals surface area contributed by atoms with Crippen LogP contribution in [0, 0.1) is 0 Å². The highest BCUT2D eigenvalue weighted by molar-refractivity contribution is 5.88. The molecule has 5 nitrogen and oxygen atoms in total. The lowest BCUT2D eigenvalue weighted by molar-refractivity contribution is 0.374. The van der Waals surface area contributed by atoms with Gasteiger partial charge in [0.15, 0.2) is 11.5 Å². The molecule has 2 aromatic carbocycles. The molecule has 3 aromatic rings. The first-order valence-electron chi connectivity index (χ1n) is 7.13. The third-order valence-corrected chi connectivity index (χ3v) is 3.77. The van der Waals surface area contributed by atoms with Gasteiger partial charge in [-0.15, -0.1) is 0 Å². The maximum Gasteiger partial charge on any atom is 0.161 e. The highest BCUT2D eigenvalue weighted by atomic mass is 16.5. The number of hydrogen-bond acceptors (Lipinski definition) is 5. The summed E-state index contributed by atoms with van der Waals surface area (Å²) in [6, 6.07) is 10.3. The van der Waals surface area contributed by atoms with Gasteiger partial charge < -0.3 is 19.7 Å². The maximum atomic E-state index is 10.0. The zero-order valence-corrected chi connectivity index (χ0v) is 12.9. The van der Waals surface area contributed by atoms with Crippen LogP contribution in [-0.2, 0) is 6.42 Å². The minimum atomic E-state index is 0.0759. The molecule has 0 saturated heterocycles. The topological polar surface area (TPSA) is 71.8 Å². The Hall–Kier alpha value is -2.95. The monoisotopic (exact) mass is 311 g/mol. The van der Waals surface area contributed by atoms with Crippen LogP contribution in [0.2, 0.25) is 0 Å². The Labute approximate surface area is 133 Å².